The molecule has 0 radical (unpaired) electrons. The van der Waals surface area contributed by atoms with Gasteiger partial charge in [0.05, 0.1) is 17.9 Å². The van der Waals surface area contributed by atoms with Gasteiger partial charge in [-0.15, -0.1) is 0 Å². The summed E-state index contributed by atoms with van der Waals surface area (Å²) in [6, 6.07) is 9.37. The molecule has 1 aliphatic heterocycles. The zero-order chi connectivity index (χ0) is 19.0. The van der Waals surface area contributed by atoms with E-state index >= 15 is 0 Å². The highest BCUT2D eigenvalue weighted by Gasteiger charge is 2.18. The molecule has 1 N–H and O–H groups in total. The highest BCUT2D eigenvalue weighted by atomic mass is 16.6. The van der Waals surface area contributed by atoms with Crippen molar-refractivity contribution in [1.82, 2.24) is 14.3 Å². The van der Waals surface area contributed by atoms with Crippen LogP contribution in [0.3, 0.4) is 0 Å². The van der Waals surface area contributed by atoms with Crippen LogP contribution in [0.2, 0.25) is 0 Å². The lowest BCUT2D eigenvalue weighted by Gasteiger charge is -2.22. The van der Waals surface area contributed by atoms with E-state index in [0.29, 0.717) is 36.9 Å². The van der Waals surface area contributed by atoms with Crippen LogP contribution in [0.4, 0.5) is 10.5 Å². The van der Waals surface area contributed by atoms with Crippen LogP contribution < -0.4 is 14.8 Å². The summed E-state index contributed by atoms with van der Waals surface area (Å²) in [5, 5.41) is 2.96. The molecule has 0 saturated heterocycles. The molecule has 4 rings (SSSR count). The third-order valence-electron chi connectivity index (χ3n) is 4.69. The molecule has 0 atom stereocenters. The largest absolute Gasteiger partial charge is 0.486 e. The first kappa shape index (κ1) is 17.2. The van der Waals surface area contributed by atoms with E-state index in [1.165, 1.54) is 0 Å². The van der Waals surface area contributed by atoms with Crippen LogP contribution in [0.5, 0.6) is 11.5 Å². The molecule has 27 heavy (non-hydrogen) atoms. The van der Waals surface area contributed by atoms with E-state index < -0.39 is 0 Å². The van der Waals surface area contributed by atoms with Gasteiger partial charge in [-0.2, -0.15) is 0 Å². The summed E-state index contributed by atoms with van der Waals surface area (Å²) in [5.74, 6) is 1.37. The second kappa shape index (κ2) is 6.83. The van der Waals surface area contributed by atoms with E-state index in [2.05, 4.69) is 10.3 Å². The average Bonchev–Trinajstić information content (AvgIpc) is 2.97. The van der Waals surface area contributed by atoms with Crippen LogP contribution >= 0.6 is 0 Å². The summed E-state index contributed by atoms with van der Waals surface area (Å²) in [4.78, 5) is 18.9. The van der Waals surface area contributed by atoms with Gasteiger partial charge in [0.1, 0.15) is 18.9 Å². The van der Waals surface area contributed by atoms with Gasteiger partial charge >= 0.3 is 6.03 Å². The molecule has 0 aliphatic carbocycles. The van der Waals surface area contributed by atoms with Crippen LogP contribution in [0.1, 0.15) is 17.0 Å². The van der Waals surface area contributed by atoms with Crippen molar-refractivity contribution in [2.75, 3.05) is 25.6 Å². The molecule has 0 unspecified atom stereocenters. The number of fused-ring (bicyclic) bond motifs is 2. The minimum atomic E-state index is -0.194. The van der Waals surface area contributed by atoms with Gasteiger partial charge in [0.25, 0.3) is 0 Å². The number of aromatic nitrogens is 2. The quantitative estimate of drug-likeness (QED) is 0.772. The summed E-state index contributed by atoms with van der Waals surface area (Å²) < 4.78 is 13.2. The lowest BCUT2D eigenvalue weighted by atomic mass is 10.1. The summed E-state index contributed by atoms with van der Waals surface area (Å²) in [6.45, 7) is 5.39. The van der Waals surface area contributed by atoms with Crippen molar-refractivity contribution < 1.29 is 14.3 Å². The van der Waals surface area contributed by atoms with E-state index in [9.17, 15) is 4.79 Å². The fraction of sp³-hybridized carbons (Fsp3) is 0.300. The Morgan fingerprint density at radius 1 is 1.22 bits per heavy atom. The molecule has 3 heterocycles. The second-order valence-corrected chi connectivity index (χ2v) is 6.67. The summed E-state index contributed by atoms with van der Waals surface area (Å²) >= 11 is 0. The third-order valence-corrected chi connectivity index (χ3v) is 4.69. The predicted octanol–water partition coefficient (Wildman–Crippen LogP) is 3.39. The van der Waals surface area contributed by atoms with Gasteiger partial charge in [-0.25, -0.2) is 9.78 Å². The average molecular weight is 366 g/mol. The number of nitrogens with zero attached hydrogens (tertiary/aromatic N) is 3. The number of amides is 2. The first-order chi connectivity index (χ1) is 13.0. The number of nitrogens with one attached hydrogen (secondary N) is 1. The van der Waals surface area contributed by atoms with Crippen LogP contribution in [0.25, 0.3) is 5.65 Å². The van der Waals surface area contributed by atoms with E-state index in [-0.39, 0.29) is 6.03 Å². The molecule has 3 aromatic rings. The van der Waals surface area contributed by atoms with Crippen LogP contribution in [0.15, 0.2) is 36.5 Å². The van der Waals surface area contributed by atoms with Crippen molar-refractivity contribution >= 4 is 17.4 Å². The lowest BCUT2D eigenvalue weighted by Crippen LogP contribution is -2.31. The number of pyridine rings is 1. The van der Waals surface area contributed by atoms with Gasteiger partial charge in [0, 0.05) is 25.0 Å². The molecule has 7 heteroatoms. The summed E-state index contributed by atoms with van der Waals surface area (Å²) in [5.41, 5.74) is 4.41. The molecule has 0 saturated carbocycles. The van der Waals surface area contributed by atoms with Crippen molar-refractivity contribution in [1.29, 1.82) is 0 Å². The third kappa shape index (κ3) is 3.28. The fourth-order valence-electron chi connectivity index (χ4n) is 3.19. The molecule has 2 amide bonds. The molecule has 1 aliphatic rings. The molecule has 0 bridgehead atoms. The first-order valence-corrected chi connectivity index (χ1v) is 8.88. The number of aryl methyl sites for hydroxylation is 2. The Balaban J connectivity index is 1.52. The van der Waals surface area contributed by atoms with Crippen molar-refractivity contribution in [2.45, 2.75) is 20.4 Å². The Morgan fingerprint density at radius 3 is 2.74 bits per heavy atom. The maximum atomic E-state index is 12.7. The summed E-state index contributed by atoms with van der Waals surface area (Å²) in [7, 11) is 1.77. The number of carbonyl (C=O) groups excluding carboxylic acids is 1. The topological polar surface area (TPSA) is 68.1 Å². The predicted molar refractivity (Wildman–Crippen MR) is 103 cm³/mol. The smallest absolute Gasteiger partial charge is 0.321 e. The number of rotatable bonds is 3. The SMILES string of the molecule is Cc1cc2c(cc1NC(=O)N(C)Cc1c(C)nc3ccccn13)OCCO2. The number of hydrogen-bond acceptors (Lipinski definition) is 4. The Kier molecular flexibility index (Phi) is 4.35. The second-order valence-electron chi connectivity index (χ2n) is 6.67. The number of ether oxygens (including phenoxy) is 2. The highest BCUT2D eigenvalue weighted by molar-refractivity contribution is 5.90. The van der Waals surface area contributed by atoms with Gasteiger partial charge < -0.3 is 24.1 Å². The minimum Gasteiger partial charge on any atom is -0.486 e. The molecular weight excluding hydrogens is 344 g/mol. The Labute approximate surface area is 157 Å². The van der Waals surface area contributed by atoms with Crippen molar-refractivity contribution in [3.05, 3.63) is 53.5 Å². The number of benzene rings is 1. The monoisotopic (exact) mass is 366 g/mol. The van der Waals surface area contributed by atoms with E-state index in [0.717, 1.165) is 22.6 Å². The minimum absolute atomic E-state index is 0.194. The molecule has 1 aromatic carbocycles. The molecule has 7 nitrogen and oxygen atoms in total. The van der Waals surface area contributed by atoms with Crippen LogP contribution in [0, 0.1) is 13.8 Å². The maximum absolute atomic E-state index is 12.7. The number of urea groups is 1. The van der Waals surface area contributed by atoms with Crippen molar-refractivity contribution in [3.63, 3.8) is 0 Å². The normalized spacial score (nSPS) is 12.9. The number of hydrogen-bond donors (Lipinski definition) is 1. The standard InChI is InChI=1S/C20H22N4O3/c1-13-10-17-18(27-9-8-26-17)11-15(13)22-20(25)23(3)12-16-14(2)21-19-6-4-5-7-24(16)19/h4-7,10-11H,8-9,12H2,1-3H3,(H,22,25). The molecule has 2 aromatic heterocycles. The van der Waals surface area contributed by atoms with E-state index in [1.807, 2.05) is 54.8 Å². The maximum Gasteiger partial charge on any atom is 0.321 e. The lowest BCUT2D eigenvalue weighted by molar-refractivity contribution is 0.171. The van der Waals surface area contributed by atoms with Gasteiger partial charge in [-0.05, 0) is 37.6 Å². The summed E-state index contributed by atoms with van der Waals surface area (Å²) in [6.07, 6.45) is 1.96. The Hall–Kier alpha value is -3.22. The van der Waals surface area contributed by atoms with Gasteiger partial charge in [0.2, 0.25) is 0 Å². The molecule has 0 fully saturated rings. The Bertz CT molecular complexity index is 1010. The van der Waals surface area contributed by atoms with Gasteiger partial charge in [-0.3, -0.25) is 0 Å². The Morgan fingerprint density at radius 2 is 1.96 bits per heavy atom. The molecule has 0 spiro atoms. The van der Waals surface area contributed by atoms with E-state index in [4.69, 9.17) is 9.47 Å². The first-order valence-electron chi connectivity index (χ1n) is 8.88. The number of anilines is 1. The van der Waals surface area contributed by atoms with Crippen LogP contribution in [-0.4, -0.2) is 40.6 Å². The number of carbonyl (C=O) groups is 1. The zero-order valence-electron chi connectivity index (χ0n) is 15.7. The molecule has 140 valence electrons. The zero-order valence-corrected chi connectivity index (χ0v) is 15.7. The van der Waals surface area contributed by atoms with E-state index in [1.54, 1.807) is 11.9 Å². The molecular formula is C20H22N4O3. The van der Waals surface area contributed by atoms with Crippen molar-refractivity contribution in [3.8, 4) is 11.5 Å². The fourth-order valence-corrected chi connectivity index (χ4v) is 3.19. The van der Waals surface area contributed by atoms with Crippen molar-refractivity contribution in [2.24, 2.45) is 0 Å². The number of imidazole rings is 1. The van der Waals surface area contributed by atoms with Crippen LogP contribution in [-0.2, 0) is 6.54 Å². The highest BCUT2D eigenvalue weighted by Crippen LogP contribution is 2.35. The van der Waals surface area contributed by atoms with Gasteiger partial charge in [0.15, 0.2) is 11.5 Å². The van der Waals surface area contributed by atoms with Gasteiger partial charge in [-0.1, -0.05) is 6.07 Å².